The number of ether oxygens (including phenoxy) is 1. The molecule has 0 N–H and O–H groups in total. The Morgan fingerprint density at radius 2 is 1.93 bits per heavy atom. The zero-order valence-electron chi connectivity index (χ0n) is 14.6. The van der Waals surface area contributed by atoms with Crippen molar-refractivity contribution in [3.8, 4) is 0 Å². The number of aryl methyl sites for hydroxylation is 1. The highest BCUT2D eigenvalue weighted by atomic mass is 16.6. The summed E-state index contributed by atoms with van der Waals surface area (Å²) in [6.07, 6.45) is 0.604. The fourth-order valence-corrected chi connectivity index (χ4v) is 2.82. The number of nitro benzene ring substituents is 1. The maximum atomic E-state index is 12.3. The zero-order chi connectivity index (χ0) is 19.4. The van der Waals surface area contributed by atoms with Gasteiger partial charge in [0.15, 0.2) is 6.61 Å². The molecule has 0 saturated carbocycles. The van der Waals surface area contributed by atoms with Gasteiger partial charge in [-0.25, -0.2) is 9.80 Å². The summed E-state index contributed by atoms with van der Waals surface area (Å²) in [6.45, 7) is 1.39. The molecule has 2 aromatic rings. The molecule has 1 heterocycles. The van der Waals surface area contributed by atoms with Crippen molar-refractivity contribution in [2.24, 2.45) is 5.10 Å². The zero-order valence-corrected chi connectivity index (χ0v) is 14.6. The third kappa shape index (κ3) is 4.00. The lowest BCUT2D eigenvalue weighted by atomic mass is 10.1. The van der Waals surface area contributed by atoms with Crippen LogP contribution in [0.2, 0.25) is 0 Å². The molecule has 138 valence electrons. The van der Waals surface area contributed by atoms with Crippen LogP contribution in [0.4, 0.5) is 5.69 Å². The summed E-state index contributed by atoms with van der Waals surface area (Å²) in [5, 5.41) is 16.7. The van der Waals surface area contributed by atoms with Crippen molar-refractivity contribution in [1.82, 2.24) is 5.01 Å². The molecular formula is C19H17N3O5. The molecule has 2 aromatic carbocycles. The summed E-state index contributed by atoms with van der Waals surface area (Å²) in [4.78, 5) is 35.0. The first-order valence-corrected chi connectivity index (χ1v) is 8.32. The number of nitro groups is 1. The Hall–Kier alpha value is -3.55. The topological polar surface area (TPSA) is 102 Å². The molecule has 27 heavy (non-hydrogen) atoms. The van der Waals surface area contributed by atoms with Gasteiger partial charge < -0.3 is 4.74 Å². The Morgan fingerprint density at radius 3 is 2.63 bits per heavy atom. The number of carbonyl (C=O) groups is 2. The fraction of sp³-hybridized carbons (Fsp3) is 0.211. The molecule has 0 radical (unpaired) electrons. The molecule has 0 spiro atoms. The Balaban J connectivity index is 1.65. The second kappa shape index (κ2) is 7.77. The average Bonchev–Trinajstić information content (AvgIpc) is 3.16. The largest absolute Gasteiger partial charge is 0.452 e. The van der Waals surface area contributed by atoms with Crippen LogP contribution in [0.25, 0.3) is 0 Å². The minimum Gasteiger partial charge on any atom is -0.452 e. The van der Waals surface area contributed by atoms with Gasteiger partial charge in [-0.3, -0.25) is 14.9 Å². The number of amides is 1. The van der Waals surface area contributed by atoms with Crippen molar-refractivity contribution in [2.75, 3.05) is 13.2 Å². The van der Waals surface area contributed by atoms with Crippen molar-refractivity contribution in [3.05, 3.63) is 75.3 Å². The summed E-state index contributed by atoms with van der Waals surface area (Å²) in [5.41, 5.74) is 1.56. The lowest BCUT2D eigenvalue weighted by molar-refractivity contribution is -0.385. The van der Waals surface area contributed by atoms with Gasteiger partial charge in [-0.05, 0) is 18.6 Å². The van der Waals surface area contributed by atoms with Gasteiger partial charge >= 0.3 is 5.97 Å². The third-order valence-electron chi connectivity index (χ3n) is 4.16. The van der Waals surface area contributed by atoms with Gasteiger partial charge in [-0.2, -0.15) is 5.10 Å². The first-order valence-electron chi connectivity index (χ1n) is 8.32. The van der Waals surface area contributed by atoms with Crippen LogP contribution in [0, 0.1) is 17.0 Å². The van der Waals surface area contributed by atoms with Crippen LogP contribution in [0.15, 0.2) is 53.6 Å². The maximum Gasteiger partial charge on any atom is 0.345 e. The first-order chi connectivity index (χ1) is 13.0. The van der Waals surface area contributed by atoms with Gasteiger partial charge in [0, 0.05) is 12.0 Å². The van der Waals surface area contributed by atoms with Crippen LogP contribution in [0.3, 0.4) is 0 Å². The Bertz CT molecular complexity index is 924. The normalized spacial score (nSPS) is 13.2. The molecule has 0 unspecified atom stereocenters. The van der Waals surface area contributed by atoms with Gasteiger partial charge in [0.25, 0.3) is 11.6 Å². The molecule has 3 rings (SSSR count). The van der Waals surface area contributed by atoms with E-state index >= 15 is 0 Å². The van der Waals surface area contributed by atoms with Crippen molar-refractivity contribution < 1.29 is 19.2 Å². The van der Waals surface area contributed by atoms with Crippen LogP contribution in [-0.2, 0) is 9.53 Å². The number of hydrogen-bond donors (Lipinski definition) is 0. The predicted octanol–water partition coefficient (Wildman–Crippen LogP) is 2.70. The highest BCUT2D eigenvalue weighted by Gasteiger charge is 2.26. The SMILES string of the molecule is Cc1cccc(C(=O)OCC(=O)N2CCC(c3ccccc3)=N2)c1[N+](=O)[O-]. The van der Waals surface area contributed by atoms with Crippen LogP contribution in [0.1, 0.15) is 27.9 Å². The number of hydrazone groups is 1. The van der Waals surface area contributed by atoms with E-state index in [1.807, 2.05) is 30.3 Å². The van der Waals surface area contributed by atoms with Crippen molar-refractivity contribution in [1.29, 1.82) is 0 Å². The molecule has 1 amide bonds. The van der Waals surface area contributed by atoms with E-state index in [0.717, 1.165) is 11.3 Å². The van der Waals surface area contributed by atoms with E-state index < -0.39 is 23.4 Å². The molecule has 8 heteroatoms. The third-order valence-corrected chi connectivity index (χ3v) is 4.16. The van der Waals surface area contributed by atoms with E-state index in [9.17, 15) is 19.7 Å². The van der Waals surface area contributed by atoms with E-state index in [1.54, 1.807) is 0 Å². The number of rotatable bonds is 5. The van der Waals surface area contributed by atoms with Gasteiger partial charge in [0.1, 0.15) is 5.56 Å². The highest BCUT2D eigenvalue weighted by molar-refractivity contribution is 6.03. The Morgan fingerprint density at radius 1 is 1.19 bits per heavy atom. The van der Waals surface area contributed by atoms with E-state index in [0.29, 0.717) is 18.5 Å². The van der Waals surface area contributed by atoms with Gasteiger partial charge in [0.05, 0.1) is 17.2 Å². The second-order valence-electron chi connectivity index (χ2n) is 5.98. The molecule has 0 saturated heterocycles. The summed E-state index contributed by atoms with van der Waals surface area (Å²) >= 11 is 0. The number of benzene rings is 2. The van der Waals surface area contributed by atoms with Crippen LogP contribution >= 0.6 is 0 Å². The maximum absolute atomic E-state index is 12.3. The number of hydrogen-bond acceptors (Lipinski definition) is 6. The van der Waals surface area contributed by atoms with Gasteiger partial charge in [-0.1, -0.05) is 42.5 Å². The minimum atomic E-state index is -0.912. The van der Waals surface area contributed by atoms with Crippen LogP contribution in [-0.4, -0.2) is 40.7 Å². The van der Waals surface area contributed by atoms with Gasteiger partial charge in [-0.15, -0.1) is 0 Å². The van der Waals surface area contributed by atoms with E-state index in [-0.39, 0.29) is 11.3 Å². The van der Waals surface area contributed by atoms with Gasteiger partial charge in [0.2, 0.25) is 0 Å². The lowest BCUT2D eigenvalue weighted by Crippen LogP contribution is -2.29. The molecular weight excluding hydrogens is 350 g/mol. The molecule has 0 fully saturated rings. The second-order valence-corrected chi connectivity index (χ2v) is 5.98. The standard InChI is InChI=1S/C19H17N3O5/c1-13-6-5-9-15(18(13)22(25)26)19(24)27-12-17(23)21-11-10-16(20-21)14-7-3-2-4-8-14/h2-9H,10-12H2,1H3. The molecule has 0 aliphatic carbocycles. The summed E-state index contributed by atoms with van der Waals surface area (Å²) in [7, 11) is 0. The van der Waals surface area contributed by atoms with Crippen molar-refractivity contribution in [3.63, 3.8) is 0 Å². The number of carbonyl (C=O) groups excluding carboxylic acids is 2. The molecule has 1 aliphatic heterocycles. The van der Waals surface area contributed by atoms with Crippen molar-refractivity contribution >= 4 is 23.3 Å². The van der Waals surface area contributed by atoms with Crippen LogP contribution in [0.5, 0.6) is 0 Å². The minimum absolute atomic E-state index is 0.178. The Labute approximate surface area is 155 Å². The summed E-state index contributed by atoms with van der Waals surface area (Å²) < 4.78 is 4.99. The number of para-hydroxylation sites is 1. The predicted molar refractivity (Wildman–Crippen MR) is 97.4 cm³/mol. The summed E-state index contributed by atoms with van der Waals surface area (Å²) in [5.74, 6) is -1.39. The van der Waals surface area contributed by atoms with E-state index in [4.69, 9.17) is 4.74 Å². The smallest absolute Gasteiger partial charge is 0.345 e. The molecule has 8 nitrogen and oxygen atoms in total. The molecule has 1 aliphatic rings. The monoisotopic (exact) mass is 367 g/mol. The lowest BCUT2D eigenvalue weighted by Gasteiger charge is -2.12. The molecule has 0 atom stereocenters. The molecule has 0 aromatic heterocycles. The first kappa shape index (κ1) is 18.2. The average molecular weight is 367 g/mol. The fourth-order valence-electron chi connectivity index (χ4n) is 2.82. The number of esters is 1. The quantitative estimate of drug-likeness (QED) is 0.459. The highest BCUT2D eigenvalue weighted by Crippen LogP contribution is 2.23. The Kier molecular flexibility index (Phi) is 5.25. The van der Waals surface area contributed by atoms with E-state index in [2.05, 4.69) is 5.10 Å². The van der Waals surface area contributed by atoms with Crippen LogP contribution < -0.4 is 0 Å². The van der Waals surface area contributed by atoms with Crippen molar-refractivity contribution in [2.45, 2.75) is 13.3 Å². The number of nitrogens with zero attached hydrogens (tertiary/aromatic N) is 3. The van der Waals surface area contributed by atoms with E-state index in [1.165, 1.54) is 30.1 Å². The summed E-state index contributed by atoms with van der Waals surface area (Å²) in [6, 6.07) is 13.8. The molecule has 0 bridgehead atoms.